The third kappa shape index (κ3) is 2.67. The summed E-state index contributed by atoms with van der Waals surface area (Å²) in [5.41, 5.74) is 6.39. The molecule has 2 N–H and O–H groups in total. The van der Waals surface area contributed by atoms with Crippen molar-refractivity contribution in [3.05, 3.63) is 42.6 Å². The van der Waals surface area contributed by atoms with Crippen LogP contribution in [0.3, 0.4) is 0 Å². The number of nitrogens with zero attached hydrogens (tertiary/aromatic N) is 1. The predicted octanol–water partition coefficient (Wildman–Crippen LogP) is 2.82. The van der Waals surface area contributed by atoms with E-state index in [-0.39, 0.29) is 0 Å². The second-order valence-electron chi connectivity index (χ2n) is 3.21. The number of rotatable bonds is 3. The molecule has 2 rings (SSSR count). The average molecular weight is 232 g/mol. The molecular weight excluding hydrogens is 220 g/mol. The first kappa shape index (κ1) is 10.8. The maximum atomic E-state index is 5.62. The van der Waals surface area contributed by atoms with Gasteiger partial charge in [-0.3, -0.25) is 0 Å². The van der Waals surface area contributed by atoms with Gasteiger partial charge in [-0.2, -0.15) is 0 Å². The number of aromatic nitrogens is 1. The van der Waals surface area contributed by atoms with Crippen molar-refractivity contribution < 1.29 is 4.74 Å². The highest BCUT2D eigenvalue weighted by Crippen LogP contribution is 2.27. The van der Waals surface area contributed by atoms with Gasteiger partial charge < -0.3 is 10.5 Å². The highest BCUT2D eigenvalue weighted by atomic mass is 32.2. The Hall–Kier alpha value is -1.68. The molecule has 4 heteroatoms. The van der Waals surface area contributed by atoms with Crippen LogP contribution in [0.25, 0.3) is 0 Å². The van der Waals surface area contributed by atoms with Gasteiger partial charge in [0.25, 0.3) is 0 Å². The Bertz CT molecular complexity index is 453. The molecule has 1 aromatic carbocycles. The van der Waals surface area contributed by atoms with E-state index in [0.29, 0.717) is 0 Å². The minimum atomic E-state index is 0.765. The first-order valence-corrected chi connectivity index (χ1v) is 5.63. The van der Waals surface area contributed by atoms with Gasteiger partial charge in [-0.1, -0.05) is 11.8 Å². The van der Waals surface area contributed by atoms with Gasteiger partial charge in [-0.15, -0.1) is 0 Å². The van der Waals surface area contributed by atoms with Gasteiger partial charge in [0.05, 0.1) is 13.3 Å². The number of pyridine rings is 1. The van der Waals surface area contributed by atoms with Crippen LogP contribution in [0.4, 0.5) is 5.69 Å². The van der Waals surface area contributed by atoms with Crippen LogP contribution in [0.1, 0.15) is 0 Å². The van der Waals surface area contributed by atoms with E-state index in [0.717, 1.165) is 21.4 Å². The molecule has 2 aromatic rings. The SMILES string of the molecule is COc1ccc(Sc2ccc(N)cc2)nc1. The Balaban J connectivity index is 2.11. The third-order valence-corrected chi connectivity index (χ3v) is 3.01. The van der Waals surface area contributed by atoms with Gasteiger partial charge in [-0.05, 0) is 36.4 Å². The first-order chi connectivity index (χ1) is 7.78. The van der Waals surface area contributed by atoms with E-state index >= 15 is 0 Å². The molecule has 16 heavy (non-hydrogen) atoms. The maximum Gasteiger partial charge on any atom is 0.137 e. The molecule has 0 aliphatic rings. The van der Waals surface area contributed by atoms with Crippen molar-refractivity contribution >= 4 is 17.4 Å². The summed E-state index contributed by atoms with van der Waals surface area (Å²) >= 11 is 1.59. The number of nitrogen functional groups attached to an aromatic ring is 1. The molecule has 0 aliphatic carbocycles. The zero-order valence-corrected chi connectivity index (χ0v) is 9.70. The topological polar surface area (TPSA) is 48.1 Å². The molecule has 0 bridgehead atoms. The second kappa shape index (κ2) is 4.90. The summed E-state index contributed by atoms with van der Waals surface area (Å²) in [7, 11) is 1.63. The molecule has 0 aliphatic heterocycles. The average Bonchev–Trinajstić information content (AvgIpc) is 2.33. The molecule has 1 aromatic heterocycles. The lowest BCUT2D eigenvalue weighted by Gasteiger charge is -2.02. The predicted molar refractivity (Wildman–Crippen MR) is 65.8 cm³/mol. The van der Waals surface area contributed by atoms with Crippen molar-refractivity contribution in [2.24, 2.45) is 0 Å². The summed E-state index contributed by atoms with van der Waals surface area (Å²) in [6.45, 7) is 0. The van der Waals surface area contributed by atoms with Crippen LogP contribution in [0.5, 0.6) is 5.75 Å². The van der Waals surface area contributed by atoms with Crippen molar-refractivity contribution in [2.75, 3.05) is 12.8 Å². The molecule has 3 nitrogen and oxygen atoms in total. The van der Waals surface area contributed by atoms with Gasteiger partial charge in [0.2, 0.25) is 0 Å². The summed E-state index contributed by atoms with van der Waals surface area (Å²) in [5, 5.41) is 0.936. The highest BCUT2D eigenvalue weighted by molar-refractivity contribution is 7.99. The first-order valence-electron chi connectivity index (χ1n) is 4.81. The van der Waals surface area contributed by atoms with Crippen LogP contribution in [0, 0.1) is 0 Å². The van der Waals surface area contributed by atoms with Gasteiger partial charge in [-0.25, -0.2) is 4.98 Å². The molecule has 0 spiro atoms. The van der Waals surface area contributed by atoms with E-state index in [9.17, 15) is 0 Å². The zero-order chi connectivity index (χ0) is 11.4. The summed E-state index contributed by atoms with van der Waals surface area (Å²) in [4.78, 5) is 5.39. The summed E-state index contributed by atoms with van der Waals surface area (Å²) in [5.74, 6) is 0.765. The standard InChI is InChI=1S/C12H12N2OS/c1-15-10-4-7-12(14-8-10)16-11-5-2-9(13)3-6-11/h2-8H,13H2,1H3. The van der Waals surface area contributed by atoms with Crippen molar-refractivity contribution in [3.63, 3.8) is 0 Å². The number of benzene rings is 1. The summed E-state index contributed by atoms with van der Waals surface area (Å²) in [6.07, 6.45) is 1.71. The minimum Gasteiger partial charge on any atom is -0.495 e. The monoisotopic (exact) mass is 232 g/mol. The fourth-order valence-electron chi connectivity index (χ4n) is 1.20. The van der Waals surface area contributed by atoms with E-state index in [1.165, 1.54) is 0 Å². The van der Waals surface area contributed by atoms with Crippen molar-refractivity contribution in [1.82, 2.24) is 4.98 Å². The van der Waals surface area contributed by atoms with Crippen molar-refractivity contribution in [1.29, 1.82) is 0 Å². The van der Waals surface area contributed by atoms with Gasteiger partial charge in [0.1, 0.15) is 10.8 Å². The summed E-state index contributed by atoms with van der Waals surface area (Å²) < 4.78 is 5.05. The molecule has 0 unspecified atom stereocenters. The lowest BCUT2D eigenvalue weighted by molar-refractivity contribution is 0.412. The smallest absolute Gasteiger partial charge is 0.137 e. The van der Waals surface area contributed by atoms with E-state index in [2.05, 4.69) is 4.98 Å². The fourth-order valence-corrected chi connectivity index (χ4v) is 1.96. The number of ether oxygens (including phenoxy) is 1. The van der Waals surface area contributed by atoms with E-state index in [1.54, 1.807) is 25.1 Å². The quantitative estimate of drug-likeness (QED) is 0.827. The molecular formula is C12H12N2OS. The highest BCUT2D eigenvalue weighted by Gasteiger charge is 1.99. The molecule has 0 saturated heterocycles. The van der Waals surface area contributed by atoms with Gasteiger partial charge in [0.15, 0.2) is 0 Å². The molecule has 1 heterocycles. The molecule has 0 atom stereocenters. The van der Waals surface area contributed by atoms with E-state index in [4.69, 9.17) is 10.5 Å². The lowest BCUT2D eigenvalue weighted by Crippen LogP contribution is -1.85. The Labute approximate surface area is 98.6 Å². The van der Waals surface area contributed by atoms with Crippen LogP contribution in [0.2, 0.25) is 0 Å². The largest absolute Gasteiger partial charge is 0.495 e. The van der Waals surface area contributed by atoms with Crippen LogP contribution in [0.15, 0.2) is 52.5 Å². The second-order valence-corrected chi connectivity index (χ2v) is 4.30. The van der Waals surface area contributed by atoms with Gasteiger partial charge in [0, 0.05) is 10.6 Å². The van der Waals surface area contributed by atoms with Crippen LogP contribution < -0.4 is 10.5 Å². The van der Waals surface area contributed by atoms with E-state index < -0.39 is 0 Å². The van der Waals surface area contributed by atoms with Crippen molar-refractivity contribution in [3.8, 4) is 5.75 Å². The summed E-state index contributed by atoms with van der Waals surface area (Å²) in [6, 6.07) is 11.5. The normalized spacial score (nSPS) is 10.1. The minimum absolute atomic E-state index is 0.765. The Morgan fingerprint density at radius 3 is 2.44 bits per heavy atom. The van der Waals surface area contributed by atoms with Crippen LogP contribution in [-0.4, -0.2) is 12.1 Å². The molecule has 0 radical (unpaired) electrons. The molecule has 0 saturated carbocycles. The lowest BCUT2D eigenvalue weighted by atomic mass is 10.3. The fraction of sp³-hybridized carbons (Fsp3) is 0.0833. The number of hydrogen-bond acceptors (Lipinski definition) is 4. The van der Waals surface area contributed by atoms with Gasteiger partial charge >= 0.3 is 0 Å². The number of anilines is 1. The van der Waals surface area contributed by atoms with Crippen LogP contribution >= 0.6 is 11.8 Å². The number of methoxy groups -OCH3 is 1. The number of hydrogen-bond donors (Lipinski definition) is 1. The third-order valence-electron chi connectivity index (χ3n) is 2.05. The van der Waals surface area contributed by atoms with Crippen molar-refractivity contribution in [2.45, 2.75) is 9.92 Å². The Morgan fingerprint density at radius 1 is 1.12 bits per heavy atom. The maximum absolute atomic E-state index is 5.62. The van der Waals surface area contributed by atoms with E-state index in [1.807, 2.05) is 36.4 Å². The molecule has 0 fully saturated rings. The Morgan fingerprint density at radius 2 is 1.88 bits per heavy atom. The molecule has 0 amide bonds. The molecule has 82 valence electrons. The zero-order valence-electron chi connectivity index (χ0n) is 8.88. The Kier molecular flexibility index (Phi) is 3.31. The van der Waals surface area contributed by atoms with Crippen LogP contribution in [-0.2, 0) is 0 Å². The number of nitrogens with two attached hydrogens (primary N) is 1.